The van der Waals surface area contributed by atoms with E-state index < -0.39 is 16.1 Å². The van der Waals surface area contributed by atoms with Crippen LogP contribution in [0.4, 0.5) is 4.79 Å². The molecule has 1 amide bonds. The molecule has 0 saturated heterocycles. The van der Waals surface area contributed by atoms with Crippen LogP contribution in [0.25, 0.3) is 0 Å². The monoisotopic (exact) mass is 347 g/mol. The number of benzene rings is 2. The van der Waals surface area contributed by atoms with Crippen molar-refractivity contribution in [1.29, 1.82) is 0 Å². The number of rotatable bonds is 3. The molecule has 0 atom stereocenters. The van der Waals surface area contributed by atoms with Crippen LogP contribution in [0.3, 0.4) is 0 Å². The van der Waals surface area contributed by atoms with Crippen molar-refractivity contribution in [3.8, 4) is 5.75 Å². The Bertz CT molecular complexity index is 817. The zero-order valence-corrected chi connectivity index (χ0v) is 15.0. The van der Waals surface area contributed by atoms with Gasteiger partial charge in [-0.2, -0.15) is 0 Å². The van der Waals surface area contributed by atoms with Crippen LogP contribution in [0, 0.1) is 6.92 Å². The summed E-state index contributed by atoms with van der Waals surface area (Å²) in [5, 5.41) is 0. The van der Waals surface area contributed by atoms with E-state index in [4.69, 9.17) is 4.74 Å². The van der Waals surface area contributed by atoms with Gasteiger partial charge in [-0.05, 0) is 42.2 Å². The van der Waals surface area contributed by atoms with Crippen LogP contribution in [0.1, 0.15) is 31.9 Å². The second kappa shape index (κ2) is 6.65. The number of ether oxygens (including phenoxy) is 1. The summed E-state index contributed by atoms with van der Waals surface area (Å²) in [5.74, 6) is 0.277. The molecule has 0 aromatic heterocycles. The van der Waals surface area contributed by atoms with E-state index >= 15 is 0 Å². The maximum absolute atomic E-state index is 12.1. The van der Waals surface area contributed by atoms with Gasteiger partial charge in [0.15, 0.2) is 0 Å². The highest BCUT2D eigenvalue weighted by Gasteiger charge is 2.19. The van der Waals surface area contributed by atoms with E-state index in [0.717, 1.165) is 11.1 Å². The van der Waals surface area contributed by atoms with Gasteiger partial charge in [-0.3, -0.25) is 0 Å². The number of amides is 1. The molecule has 0 fully saturated rings. The second-order valence-electron chi connectivity index (χ2n) is 6.58. The molecule has 128 valence electrons. The van der Waals surface area contributed by atoms with E-state index in [1.165, 1.54) is 12.1 Å². The minimum Gasteiger partial charge on any atom is -0.410 e. The zero-order valence-electron chi connectivity index (χ0n) is 14.2. The molecule has 0 radical (unpaired) electrons. The van der Waals surface area contributed by atoms with Gasteiger partial charge in [0.1, 0.15) is 5.75 Å². The lowest BCUT2D eigenvalue weighted by Gasteiger charge is -2.19. The van der Waals surface area contributed by atoms with Gasteiger partial charge in [0.2, 0.25) is 0 Å². The first-order chi connectivity index (χ1) is 11.1. The molecular formula is C18H21NO4S. The number of carbonyl (C=O) groups excluding carboxylic acids is 1. The summed E-state index contributed by atoms with van der Waals surface area (Å²) in [5.41, 5.74) is 1.99. The van der Waals surface area contributed by atoms with Gasteiger partial charge in [-0.25, -0.2) is 17.9 Å². The lowest BCUT2D eigenvalue weighted by atomic mass is 9.87. The molecule has 24 heavy (non-hydrogen) atoms. The van der Waals surface area contributed by atoms with E-state index in [9.17, 15) is 13.2 Å². The van der Waals surface area contributed by atoms with Gasteiger partial charge in [-0.1, -0.05) is 50.6 Å². The standard InChI is InChI=1S/C18H21NO4S/c1-13-5-11-16(12-6-13)24(21,22)19-17(20)23-15-9-7-14(8-10-15)18(2,3)4/h5-12H,1-4H3,(H,19,20). The predicted octanol–water partition coefficient (Wildman–Crippen LogP) is 3.77. The Morgan fingerprint density at radius 2 is 1.50 bits per heavy atom. The van der Waals surface area contributed by atoms with Crippen molar-refractivity contribution in [2.75, 3.05) is 0 Å². The lowest BCUT2D eigenvalue weighted by molar-refractivity contribution is 0.207. The van der Waals surface area contributed by atoms with E-state index in [1.807, 2.05) is 23.8 Å². The summed E-state index contributed by atoms with van der Waals surface area (Å²) >= 11 is 0. The first kappa shape index (κ1) is 18.0. The molecule has 0 saturated carbocycles. The largest absolute Gasteiger partial charge is 0.426 e. The molecular weight excluding hydrogens is 326 g/mol. The minimum absolute atomic E-state index is 0.00753. The minimum atomic E-state index is -3.95. The number of carbonyl (C=O) groups is 1. The summed E-state index contributed by atoms with van der Waals surface area (Å²) in [4.78, 5) is 11.8. The van der Waals surface area contributed by atoms with Gasteiger partial charge < -0.3 is 4.74 Å². The van der Waals surface area contributed by atoms with Crippen molar-refractivity contribution in [3.63, 3.8) is 0 Å². The van der Waals surface area contributed by atoms with Crippen LogP contribution in [0.15, 0.2) is 53.4 Å². The van der Waals surface area contributed by atoms with Crippen molar-refractivity contribution in [2.24, 2.45) is 0 Å². The molecule has 0 aliphatic carbocycles. The predicted molar refractivity (Wildman–Crippen MR) is 92.7 cm³/mol. The number of aryl methyl sites for hydroxylation is 1. The quantitative estimate of drug-likeness (QED) is 0.917. The maximum atomic E-state index is 12.1. The number of hydrogen-bond donors (Lipinski definition) is 1. The first-order valence-electron chi connectivity index (χ1n) is 7.50. The Balaban J connectivity index is 2.06. The van der Waals surface area contributed by atoms with Crippen LogP contribution in [0.5, 0.6) is 5.75 Å². The number of sulfonamides is 1. The van der Waals surface area contributed by atoms with E-state index in [1.54, 1.807) is 24.3 Å². The zero-order chi connectivity index (χ0) is 18.0. The Morgan fingerprint density at radius 3 is 2.00 bits per heavy atom. The average molecular weight is 347 g/mol. The van der Waals surface area contributed by atoms with Crippen molar-refractivity contribution >= 4 is 16.1 Å². The topological polar surface area (TPSA) is 72.5 Å². The van der Waals surface area contributed by atoms with Gasteiger partial charge in [0, 0.05) is 0 Å². The maximum Gasteiger partial charge on any atom is 0.426 e. The first-order valence-corrected chi connectivity index (χ1v) is 8.98. The summed E-state index contributed by atoms with van der Waals surface area (Å²) in [7, 11) is -3.95. The summed E-state index contributed by atoms with van der Waals surface area (Å²) < 4.78 is 31.2. The van der Waals surface area contributed by atoms with Crippen molar-refractivity contribution < 1.29 is 17.9 Å². The third kappa shape index (κ3) is 4.58. The molecule has 0 spiro atoms. The molecule has 5 nitrogen and oxygen atoms in total. The summed E-state index contributed by atoms with van der Waals surface area (Å²) in [6.07, 6.45) is -1.04. The second-order valence-corrected chi connectivity index (χ2v) is 8.26. The van der Waals surface area contributed by atoms with E-state index in [0.29, 0.717) is 0 Å². The number of hydrogen-bond acceptors (Lipinski definition) is 4. The van der Waals surface area contributed by atoms with E-state index in [-0.39, 0.29) is 16.1 Å². The molecule has 0 aliphatic heterocycles. The summed E-state index contributed by atoms with van der Waals surface area (Å²) in [6, 6.07) is 13.1. The highest BCUT2D eigenvalue weighted by Crippen LogP contribution is 2.24. The fourth-order valence-corrected chi connectivity index (χ4v) is 2.91. The van der Waals surface area contributed by atoms with Gasteiger partial charge in [-0.15, -0.1) is 0 Å². The normalized spacial score (nSPS) is 11.8. The smallest absolute Gasteiger partial charge is 0.410 e. The molecule has 2 aromatic rings. The molecule has 0 unspecified atom stereocenters. The lowest BCUT2D eigenvalue weighted by Crippen LogP contribution is -2.33. The number of nitrogens with one attached hydrogen (secondary N) is 1. The third-order valence-corrected chi connectivity index (χ3v) is 4.81. The van der Waals surface area contributed by atoms with Crippen molar-refractivity contribution in [3.05, 3.63) is 59.7 Å². The van der Waals surface area contributed by atoms with Gasteiger partial charge in [0.05, 0.1) is 4.90 Å². The fraction of sp³-hybridized carbons (Fsp3) is 0.278. The van der Waals surface area contributed by atoms with Crippen LogP contribution in [-0.4, -0.2) is 14.5 Å². The molecule has 0 heterocycles. The summed E-state index contributed by atoms with van der Waals surface area (Å²) in [6.45, 7) is 8.07. The van der Waals surface area contributed by atoms with Crippen LogP contribution in [0.2, 0.25) is 0 Å². The van der Waals surface area contributed by atoms with Gasteiger partial charge >= 0.3 is 6.09 Å². The van der Waals surface area contributed by atoms with E-state index in [2.05, 4.69) is 20.8 Å². The highest BCUT2D eigenvalue weighted by molar-refractivity contribution is 7.90. The molecule has 1 N–H and O–H groups in total. The van der Waals surface area contributed by atoms with Crippen LogP contribution >= 0.6 is 0 Å². The fourth-order valence-electron chi connectivity index (χ4n) is 2.04. The molecule has 2 aromatic carbocycles. The average Bonchev–Trinajstić information content (AvgIpc) is 2.46. The third-order valence-electron chi connectivity index (χ3n) is 3.48. The van der Waals surface area contributed by atoms with Crippen LogP contribution in [-0.2, 0) is 15.4 Å². The molecule has 6 heteroatoms. The Morgan fingerprint density at radius 1 is 0.958 bits per heavy atom. The van der Waals surface area contributed by atoms with Gasteiger partial charge in [0.25, 0.3) is 10.0 Å². The SMILES string of the molecule is Cc1ccc(S(=O)(=O)NC(=O)Oc2ccc(C(C)(C)C)cc2)cc1. The molecule has 0 aliphatic rings. The Labute approximate surface area is 142 Å². The molecule has 2 rings (SSSR count). The Kier molecular flexibility index (Phi) is 4.99. The van der Waals surface area contributed by atoms with Crippen molar-refractivity contribution in [1.82, 2.24) is 4.72 Å². The highest BCUT2D eigenvalue weighted by atomic mass is 32.2. The molecule has 0 bridgehead atoms. The van der Waals surface area contributed by atoms with Crippen LogP contribution < -0.4 is 9.46 Å². The van der Waals surface area contributed by atoms with Crippen molar-refractivity contribution in [2.45, 2.75) is 38.0 Å². The Hall–Kier alpha value is -2.34.